The molecular weight excluding hydrogens is 254 g/mol. The molecular formula is C16H15NO3. The van der Waals surface area contributed by atoms with Gasteiger partial charge in [-0.2, -0.15) is 0 Å². The normalized spacial score (nSPS) is 13.1. The van der Waals surface area contributed by atoms with Crippen LogP contribution < -0.4 is 4.74 Å². The lowest BCUT2D eigenvalue weighted by Gasteiger charge is -2.10. The monoisotopic (exact) mass is 269 g/mol. The van der Waals surface area contributed by atoms with E-state index in [0.717, 1.165) is 18.5 Å². The summed E-state index contributed by atoms with van der Waals surface area (Å²) in [4.78, 5) is 15.2. The van der Waals surface area contributed by atoms with E-state index in [-0.39, 0.29) is 5.56 Å². The third kappa shape index (κ3) is 2.37. The average Bonchev–Trinajstić information content (AvgIpc) is 2.85. The number of fused-ring (bicyclic) bond motifs is 1. The number of aromatic carboxylic acids is 1. The molecule has 0 amide bonds. The van der Waals surface area contributed by atoms with Crippen molar-refractivity contribution in [1.29, 1.82) is 0 Å². The summed E-state index contributed by atoms with van der Waals surface area (Å²) in [5.74, 6) is -0.0182. The highest BCUT2D eigenvalue weighted by molar-refractivity contribution is 5.90. The van der Waals surface area contributed by atoms with Crippen molar-refractivity contribution in [3.8, 4) is 11.5 Å². The molecule has 20 heavy (non-hydrogen) atoms. The summed E-state index contributed by atoms with van der Waals surface area (Å²) in [6.45, 7) is 1.81. The Morgan fingerprint density at radius 2 is 2.05 bits per heavy atom. The fourth-order valence-corrected chi connectivity index (χ4v) is 2.52. The molecule has 0 atom stereocenters. The number of rotatable bonds is 3. The molecule has 0 spiro atoms. The van der Waals surface area contributed by atoms with Crippen molar-refractivity contribution in [2.45, 2.75) is 26.2 Å². The first-order valence-electron chi connectivity index (χ1n) is 6.63. The summed E-state index contributed by atoms with van der Waals surface area (Å²) < 4.78 is 5.76. The lowest BCUT2D eigenvalue weighted by Crippen LogP contribution is -2.02. The number of aryl methyl sites for hydroxylation is 3. The molecule has 0 unspecified atom stereocenters. The SMILES string of the molecule is Cc1cc(Oc2ccc3c(c2)CCC3)c(C(=O)O)cn1. The number of hydrogen-bond acceptors (Lipinski definition) is 3. The molecule has 0 saturated carbocycles. The molecule has 0 saturated heterocycles. The topological polar surface area (TPSA) is 59.4 Å². The van der Waals surface area contributed by atoms with E-state index in [4.69, 9.17) is 9.84 Å². The van der Waals surface area contributed by atoms with Crippen molar-refractivity contribution < 1.29 is 14.6 Å². The third-order valence-corrected chi connectivity index (χ3v) is 3.53. The maximum atomic E-state index is 11.2. The Morgan fingerprint density at radius 1 is 1.25 bits per heavy atom. The molecule has 1 aromatic carbocycles. The van der Waals surface area contributed by atoms with Gasteiger partial charge in [-0.1, -0.05) is 6.07 Å². The smallest absolute Gasteiger partial charge is 0.341 e. The van der Waals surface area contributed by atoms with E-state index >= 15 is 0 Å². The van der Waals surface area contributed by atoms with Crippen molar-refractivity contribution >= 4 is 5.97 Å². The van der Waals surface area contributed by atoms with Crippen molar-refractivity contribution in [2.75, 3.05) is 0 Å². The molecule has 102 valence electrons. The largest absolute Gasteiger partial charge is 0.477 e. The van der Waals surface area contributed by atoms with Gasteiger partial charge in [-0.15, -0.1) is 0 Å². The zero-order chi connectivity index (χ0) is 14.1. The first-order chi connectivity index (χ1) is 9.63. The average molecular weight is 269 g/mol. The minimum Gasteiger partial charge on any atom is -0.477 e. The third-order valence-electron chi connectivity index (χ3n) is 3.53. The molecule has 0 radical (unpaired) electrons. The Kier molecular flexibility index (Phi) is 3.14. The fourth-order valence-electron chi connectivity index (χ4n) is 2.52. The molecule has 0 fully saturated rings. The van der Waals surface area contributed by atoms with Gasteiger partial charge in [-0.05, 0) is 49.4 Å². The van der Waals surface area contributed by atoms with Crippen LogP contribution in [0.4, 0.5) is 0 Å². The number of nitrogens with zero attached hydrogens (tertiary/aromatic N) is 1. The summed E-state index contributed by atoms with van der Waals surface area (Å²) >= 11 is 0. The fraction of sp³-hybridized carbons (Fsp3) is 0.250. The Morgan fingerprint density at radius 3 is 2.85 bits per heavy atom. The Labute approximate surface area is 117 Å². The molecule has 2 aromatic rings. The maximum Gasteiger partial charge on any atom is 0.341 e. The Bertz CT molecular complexity index is 679. The number of aromatic nitrogens is 1. The van der Waals surface area contributed by atoms with Crippen LogP contribution in [0.3, 0.4) is 0 Å². The predicted molar refractivity (Wildman–Crippen MR) is 74.5 cm³/mol. The predicted octanol–water partition coefficient (Wildman–Crippen LogP) is 3.37. The van der Waals surface area contributed by atoms with E-state index in [1.54, 1.807) is 13.0 Å². The van der Waals surface area contributed by atoms with E-state index in [0.29, 0.717) is 11.5 Å². The highest BCUT2D eigenvalue weighted by atomic mass is 16.5. The number of hydrogen-bond donors (Lipinski definition) is 1. The van der Waals surface area contributed by atoms with Crippen LogP contribution in [-0.4, -0.2) is 16.1 Å². The number of carbonyl (C=O) groups is 1. The molecule has 0 aliphatic heterocycles. The van der Waals surface area contributed by atoms with E-state index in [1.165, 1.54) is 23.7 Å². The maximum absolute atomic E-state index is 11.2. The standard InChI is InChI=1S/C16H15NO3/c1-10-7-15(14(9-17-10)16(18)19)20-13-6-5-11-3-2-4-12(11)8-13/h5-9H,2-4H2,1H3,(H,18,19). The molecule has 1 aromatic heterocycles. The molecule has 1 aliphatic carbocycles. The second-order valence-corrected chi connectivity index (χ2v) is 5.01. The van der Waals surface area contributed by atoms with Crippen LogP contribution in [0.1, 0.15) is 33.6 Å². The minimum atomic E-state index is -1.03. The second kappa shape index (κ2) is 4.96. The Hall–Kier alpha value is -2.36. The molecule has 4 nitrogen and oxygen atoms in total. The first kappa shape index (κ1) is 12.7. The number of benzene rings is 1. The van der Waals surface area contributed by atoms with E-state index < -0.39 is 5.97 Å². The van der Waals surface area contributed by atoms with E-state index in [2.05, 4.69) is 11.1 Å². The molecule has 1 N–H and O–H groups in total. The molecule has 4 heteroatoms. The highest BCUT2D eigenvalue weighted by Gasteiger charge is 2.15. The number of pyridine rings is 1. The lowest BCUT2D eigenvalue weighted by molar-refractivity contribution is 0.0693. The van der Waals surface area contributed by atoms with Crippen molar-refractivity contribution in [2.24, 2.45) is 0 Å². The number of carboxylic acids is 1. The summed E-state index contributed by atoms with van der Waals surface area (Å²) in [6.07, 6.45) is 4.69. The van der Waals surface area contributed by atoms with Gasteiger partial charge in [0.15, 0.2) is 0 Å². The summed E-state index contributed by atoms with van der Waals surface area (Å²) in [6, 6.07) is 7.61. The number of carboxylic acid groups (broad SMARTS) is 1. The first-order valence-corrected chi connectivity index (χ1v) is 6.63. The van der Waals surface area contributed by atoms with Crippen molar-refractivity contribution in [3.63, 3.8) is 0 Å². The molecule has 1 heterocycles. The van der Waals surface area contributed by atoms with Gasteiger partial charge < -0.3 is 9.84 Å². The lowest BCUT2D eigenvalue weighted by atomic mass is 10.1. The Balaban J connectivity index is 1.95. The zero-order valence-corrected chi connectivity index (χ0v) is 11.2. The van der Waals surface area contributed by atoms with Crippen LogP contribution in [-0.2, 0) is 12.8 Å². The van der Waals surface area contributed by atoms with Crippen LogP contribution in [0.2, 0.25) is 0 Å². The van der Waals surface area contributed by atoms with Gasteiger partial charge in [0.05, 0.1) is 0 Å². The minimum absolute atomic E-state index is 0.0797. The van der Waals surface area contributed by atoms with Gasteiger partial charge >= 0.3 is 5.97 Å². The second-order valence-electron chi connectivity index (χ2n) is 5.01. The van der Waals surface area contributed by atoms with Gasteiger partial charge in [-0.3, -0.25) is 4.98 Å². The summed E-state index contributed by atoms with van der Waals surface area (Å²) in [5.41, 5.74) is 3.47. The van der Waals surface area contributed by atoms with Gasteiger partial charge in [0.1, 0.15) is 17.1 Å². The van der Waals surface area contributed by atoms with Crippen molar-refractivity contribution in [1.82, 2.24) is 4.98 Å². The van der Waals surface area contributed by atoms with Crippen molar-refractivity contribution in [3.05, 3.63) is 52.8 Å². The summed E-state index contributed by atoms with van der Waals surface area (Å²) in [5, 5.41) is 9.17. The van der Waals surface area contributed by atoms with E-state index in [1.807, 2.05) is 12.1 Å². The summed E-state index contributed by atoms with van der Waals surface area (Å²) in [7, 11) is 0. The van der Waals surface area contributed by atoms with Crippen LogP contribution in [0.15, 0.2) is 30.5 Å². The van der Waals surface area contributed by atoms with Crippen LogP contribution in [0.25, 0.3) is 0 Å². The van der Waals surface area contributed by atoms with Gasteiger partial charge in [0.2, 0.25) is 0 Å². The van der Waals surface area contributed by atoms with Gasteiger partial charge in [0, 0.05) is 18.0 Å². The molecule has 0 bridgehead atoms. The zero-order valence-electron chi connectivity index (χ0n) is 11.2. The van der Waals surface area contributed by atoms with Gasteiger partial charge in [0.25, 0.3) is 0 Å². The van der Waals surface area contributed by atoms with Crippen LogP contribution >= 0.6 is 0 Å². The quantitative estimate of drug-likeness (QED) is 0.928. The number of ether oxygens (including phenoxy) is 1. The molecule has 1 aliphatic rings. The van der Waals surface area contributed by atoms with Gasteiger partial charge in [-0.25, -0.2) is 4.79 Å². The van der Waals surface area contributed by atoms with E-state index in [9.17, 15) is 4.79 Å². The van der Waals surface area contributed by atoms with Crippen LogP contribution in [0, 0.1) is 6.92 Å². The molecule has 3 rings (SSSR count). The highest BCUT2D eigenvalue weighted by Crippen LogP contribution is 2.30. The van der Waals surface area contributed by atoms with Crippen LogP contribution in [0.5, 0.6) is 11.5 Å².